The number of carboxylic acids is 1. The monoisotopic (exact) mass is 328 g/mol. The van der Waals surface area contributed by atoms with Crippen LogP contribution in [0.4, 0.5) is 11.4 Å². The number of carboxylic acid groups (broad SMARTS) is 1. The van der Waals surface area contributed by atoms with Gasteiger partial charge in [-0.1, -0.05) is 0 Å². The highest BCUT2D eigenvalue weighted by molar-refractivity contribution is 5.93. The SMILES string of the molecule is C[C@@H]1O[C@H](Nc2ccc(C(=O)O)c([N+](=O)[O-])c2)[C@H](O)[C@H](O)[C@@H]1O. The Kier molecular flexibility index (Phi) is 4.80. The number of nitro benzene ring substituents is 1. The highest BCUT2D eigenvalue weighted by Gasteiger charge is 2.41. The predicted octanol–water partition coefficient (Wildman–Crippen LogP) is -0.468. The fourth-order valence-corrected chi connectivity index (χ4v) is 2.29. The molecule has 1 aromatic rings. The maximum Gasteiger partial charge on any atom is 0.342 e. The molecule has 2 rings (SSSR count). The number of aromatic carboxylic acids is 1. The van der Waals surface area contributed by atoms with Crippen molar-refractivity contribution in [1.82, 2.24) is 0 Å². The lowest BCUT2D eigenvalue weighted by molar-refractivity contribution is -0.385. The maximum absolute atomic E-state index is 11.0. The smallest absolute Gasteiger partial charge is 0.342 e. The first-order valence-corrected chi connectivity index (χ1v) is 6.70. The molecule has 10 heteroatoms. The van der Waals surface area contributed by atoms with Crippen molar-refractivity contribution < 1.29 is 34.9 Å². The number of carbonyl (C=O) groups is 1. The van der Waals surface area contributed by atoms with Crippen molar-refractivity contribution >= 4 is 17.3 Å². The van der Waals surface area contributed by atoms with Crippen molar-refractivity contribution in [3.8, 4) is 0 Å². The molecule has 5 N–H and O–H groups in total. The summed E-state index contributed by atoms with van der Waals surface area (Å²) in [6, 6.07) is 3.31. The van der Waals surface area contributed by atoms with Crippen LogP contribution in [-0.2, 0) is 4.74 Å². The van der Waals surface area contributed by atoms with Crippen LogP contribution < -0.4 is 5.32 Å². The van der Waals surface area contributed by atoms with Crippen LogP contribution in [0.3, 0.4) is 0 Å². The fourth-order valence-electron chi connectivity index (χ4n) is 2.29. The highest BCUT2D eigenvalue weighted by Crippen LogP contribution is 2.27. The first-order chi connectivity index (χ1) is 10.7. The van der Waals surface area contributed by atoms with E-state index in [9.17, 15) is 30.2 Å². The highest BCUT2D eigenvalue weighted by atomic mass is 16.6. The lowest BCUT2D eigenvalue weighted by Gasteiger charge is -2.39. The van der Waals surface area contributed by atoms with Crippen LogP contribution in [0, 0.1) is 10.1 Å². The summed E-state index contributed by atoms with van der Waals surface area (Å²) < 4.78 is 5.31. The average molecular weight is 328 g/mol. The molecule has 0 saturated carbocycles. The van der Waals surface area contributed by atoms with Crippen molar-refractivity contribution in [3.05, 3.63) is 33.9 Å². The molecule has 1 heterocycles. The van der Waals surface area contributed by atoms with Crippen molar-refractivity contribution in [2.45, 2.75) is 37.6 Å². The second kappa shape index (κ2) is 6.46. The van der Waals surface area contributed by atoms with Crippen LogP contribution in [0.15, 0.2) is 18.2 Å². The van der Waals surface area contributed by atoms with Gasteiger partial charge < -0.3 is 30.5 Å². The topological polar surface area (TPSA) is 162 Å². The summed E-state index contributed by atoms with van der Waals surface area (Å²) >= 11 is 0. The van der Waals surface area contributed by atoms with E-state index in [-0.39, 0.29) is 5.69 Å². The van der Waals surface area contributed by atoms with E-state index in [1.54, 1.807) is 0 Å². The van der Waals surface area contributed by atoms with E-state index in [2.05, 4.69) is 5.32 Å². The molecule has 0 bridgehead atoms. The maximum atomic E-state index is 11.0. The number of nitrogens with zero attached hydrogens (tertiary/aromatic N) is 1. The van der Waals surface area contributed by atoms with E-state index >= 15 is 0 Å². The number of nitro groups is 1. The molecule has 10 nitrogen and oxygen atoms in total. The van der Waals surface area contributed by atoms with Gasteiger partial charge in [0.1, 0.15) is 23.9 Å². The Hall–Kier alpha value is -2.27. The van der Waals surface area contributed by atoms with Crippen molar-refractivity contribution in [2.24, 2.45) is 0 Å². The van der Waals surface area contributed by atoms with E-state index < -0.39 is 52.8 Å². The molecule has 23 heavy (non-hydrogen) atoms. The van der Waals surface area contributed by atoms with Gasteiger partial charge in [0.15, 0.2) is 6.23 Å². The molecule has 1 aliphatic rings. The molecule has 0 unspecified atom stereocenters. The zero-order valence-electron chi connectivity index (χ0n) is 12.0. The Morgan fingerprint density at radius 1 is 1.26 bits per heavy atom. The normalized spacial score (nSPS) is 30.7. The van der Waals surface area contributed by atoms with Crippen LogP contribution in [0.5, 0.6) is 0 Å². The first kappa shape index (κ1) is 17.1. The zero-order valence-corrected chi connectivity index (χ0v) is 12.0. The summed E-state index contributed by atoms with van der Waals surface area (Å²) in [7, 11) is 0. The molecular weight excluding hydrogens is 312 g/mol. The zero-order chi connectivity index (χ0) is 17.3. The van der Waals surface area contributed by atoms with Crippen LogP contribution in [0.25, 0.3) is 0 Å². The van der Waals surface area contributed by atoms with E-state index in [0.717, 1.165) is 12.1 Å². The third-order valence-corrected chi connectivity index (χ3v) is 3.59. The number of hydrogen-bond donors (Lipinski definition) is 5. The molecule has 0 spiro atoms. The van der Waals surface area contributed by atoms with Crippen LogP contribution in [0.1, 0.15) is 17.3 Å². The van der Waals surface area contributed by atoms with Crippen molar-refractivity contribution in [3.63, 3.8) is 0 Å². The lowest BCUT2D eigenvalue weighted by Crippen LogP contribution is -2.58. The quantitative estimate of drug-likeness (QED) is 0.363. The number of anilines is 1. The van der Waals surface area contributed by atoms with Gasteiger partial charge in [-0.25, -0.2) is 4.79 Å². The number of hydrogen-bond acceptors (Lipinski definition) is 8. The minimum atomic E-state index is -1.47. The van der Waals surface area contributed by atoms with Gasteiger partial charge in [0.25, 0.3) is 5.69 Å². The van der Waals surface area contributed by atoms with Gasteiger partial charge in [-0.05, 0) is 19.1 Å². The molecule has 1 fully saturated rings. The summed E-state index contributed by atoms with van der Waals surface area (Å²) in [4.78, 5) is 21.1. The second-order valence-electron chi connectivity index (χ2n) is 5.17. The van der Waals surface area contributed by atoms with Crippen molar-refractivity contribution in [1.29, 1.82) is 0 Å². The summed E-state index contributed by atoms with van der Waals surface area (Å²) in [6.07, 6.45) is -6.10. The number of rotatable bonds is 4. The van der Waals surface area contributed by atoms with Gasteiger partial charge in [-0.15, -0.1) is 0 Å². The molecule has 126 valence electrons. The molecular formula is C13H16N2O8. The summed E-state index contributed by atoms with van der Waals surface area (Å²) in [6.45, 7) is 1.49. The Balaban J connectivity index is 2.25. The fraction of sp³-hybridized carbons (Fsp3) is 0.462. The summed E-state index contributed by atoms with van der Waals surface area (Å²) in [5.74, 6) is -1.44. The van der Waals surface area contributed by atoms with Crippen molar-refractivity contribution in [2.75, 3.05) is 5.32 Å². The molecule has 1 saturated heterocycles. The Morgan fingerprint density at radius 3 is 2.48 bits per heavy atom. The third-order valence-electron chi connectivity index (χ3n) is 3.59. The molecule has 0 amide bonds. The Morgan fingerprint density at radius 2 is 1.91 bits per heavy atom. The molecule has 1 aliphatic heterocycles. The number of aliphatic hydroxyl groups is 3. The number of benzene rings is 1. The molecule has 0 aliphatic carbocycles. The van der Waals surface area contributed by atoms with Gasteiger partial charge >= 0.3 is 5.97 Å². The predicted molar refractivity (Wildman–Crippen MR) is 76.0 cm³/mol. The number of aliphatic hydroxyl groups excluding tert-OH is 3. The number of ether oxygens (including phenoxy) is 1. The standard InChI is InChI=1S/C13H16N2O8/c1-5-9(16)10(17)11(18)12(23-5)14-6-2-3-7(13(19)20)8(4-6)15(21)22/h2-5,9-12,14,16-18H,1H3,(H,19,20)/t5-,9+,10+,11+,12-/m0/s1. The van der Waals surface area contributed by atoms with E-state index in [4.69, 9.17) is 9.84 Å². The van der Waals surface area contributed by atoms with E-state index in [0.29, 0.717) is 0 Å². The van der Waals surface area contributed by atoms with Crippen LogP contribution in [-0.4, -0.2) is 62.0 Å². The lowest BCUT2D eigenvalue weighted by atomic mass is 9.99. The summed E-state index contributed by atoms with van der Waals surface area (Å²) in [5.41, 5.74) is -0.975. The molecule has 5 atom stereocenters. The van der Waals surface area contributed by atoms with Crippen LogP contribution >= 0.6 is 0 Å². The molecule has 1 aromatic carbocycles. The second-order valence-corrected chi connectivity index (χ2v) is 5.17. The van der Waals surface area contributed by atoms with Gasteiger partial charge in [-0.2, -0.15) is 0 Å². The van der Waals surface area contributed by atoms with E-state index in [1.807, 2.05) is 0 Å². The molecule has 0 radical (unpaired) electrons. The third kappa shape index (κ3) is 3.40. The molecule has 0 aromatic heterocycles. The van der Waals surface area contributed by atoms with E-state index in [1.165, 1.54) is 13.0 Å². The summed E-state index contributed by atoms with van der Waals surface area (Å²) in [5, 5.41) is 51.7. The first-order valence-electron chi connectivity index (χ1n) is 6.70. The van der Waals surface area contributed by atoms with Crippen LogP contribution in [0.2, 0.25) is 0 Å². The number of nitrogens with one attached hydrogen (secondary N) is 1. The Bertz CT molecular complexity index is 622. The largest absolute Gasteiger partial charge is 0.477 e. The van der Waals surface area contributed by atoms with Gasteiger partial charge in [0, 0.05) is 11.8 Å². The van der Waals surface area contributed by atoms with Gasteiger partial charge in [0.05, 0.1) is 11.0 Å². The minimum absolute atomic E-state index is 0.126. The van der Waals surface area contributed by atoms with Gasteiger partial charge in [-0.3, -0.25) is 10.1 Å². The Labute approximate surface area is 130 Å². The average Bonchev–Trinajstić information content (AvgIpc) is 2.50. The minimum Gasteiger partial charge on any atom is -0.477 e. The van der Waals surface area contributed by atoms with Gasteiger partial charge in [0.2, 0.25) is 0 Å².